The van der Waals surface area contributed by atoms with Crippen molar-refractivity contribution >= 4 is 11.8 Å². The lowest BCUT2D eigenvalue weighted by molar-refractivity contribution is -0.146. The third-order valence-electron chi connectivity index (χ3n) is 3.13. The van der Waals surface area contributed by atoms with Crippen molar-refractivity contribution in [3.63, 3.8) is 0 Å². The minimum atomic E-state index is -0.796. The van der Waals surface area contributed by atoms with Gasteiger partial charge in [0.2, 0.25) is 0 Å². The molecule has 2 rings (SSSR count). The molecule has 0 aromatic heterocycles. The van der Waals surface area contributed by atoms with Crippen molar-refractivity contribution in [1.82, 2.24) is 0 Å². The molecule has 2 atom stereocenters. The standard InChI is InChI=1S/C14H14O4/c1-18-14(17)13-11(7-10(15)8-12(13)16)9-5-3-2-4-6-9/h2-6,8,11,13,16H,7H2,1H3. The topological polar surface area (TPSA) is 63.6 Å². The van der Waals surface area contributed by atoms with Crippen molar-refractivity contribution in [2.75, 3.05) is 7.11 Å². The van der Waals surface area contributed by atoms with Crippen molar-refractivity contribution in [2.45, 2.75) is 12.3 Å². The third-order valence-corrected chi connectivity index (χ3v) is 3.13. The van der Waals surface area contributed by atoms with Crippen molar-refractivity contribution in [3.05, 3.63) is 47.7 Å². The number of methoxy groups -OCH3 is 1. The number of ketones is 1. The number of rotatable bonds is 2. The molecular weight excluding hydrogens is 232 g/mol. The molecule has 4 nitrogen and oxygen atoms in total. The molecule has 0 fully saturated rings. The Morgan fingerprint density at radius 1 is 1.33 bits per heavy atom. The van der Waals surface area contributed by atoms with Crippen LogP contribution in [0.4, 0.5) is 0 Å². The summed E-state index contributed by atoms with van der Waals surface area (Å²) < 4.78 is 4.70. The number of ether oxygens (including phenoxy) is 1. The Balaban J connectivity index is 2.41. The van der Waals surface area contributed by atoms with Crippen LogP contribution >= 0.6 is 0 Å². The molecule has 18 heavy (non-hydrogen) atoms. The Hall–Kier alpha value is -2.10. The number of aliphatic hydroxyl groups excluding tert-OH is 1. The molecule has 4 heteroatoms. The molecule has 0 aliphatic heterocycles. The maximum atomic E-state index is 11.7. The maximum absolute atomic E-state index is 11.7. The summed E-state index contributed by atoms with van der Waals surface area (Å²) in [5.41, 5.74) is 0.848. The predicted molar refractivity (Wildman–Crippen MR) is 65.0 cm³/mol. The van der Waals surface area contributed by atoms with E-state index >= 15 is 0 Å². The Morgan fingerprint density at radius 2 is 2.00 bits per heavy atom. The molecule has 0 saturated carbocycles. The molecule has 2 unspecified atom stereocenters. The van der Waals surface area contributed by atoms with Gasteiger partial charge in [0.05, 0.1) is 7.11 Å². The quantitative estimate of drug-likeness (QED) is 0.810. The summed E-state index contributed by atoms with van der Waals surface area (Å²) in [5, 5.41) is 9.81. The van der Waals surface area contributed by atoms with Gasteiger partial charge in [0, 0.05) is 18.4 Å². The van der Waals surface area contributed by atoms with Crippen molar-refractivity contribution in [1.29, 1.82) is 0 Å². The number of hydrogen-bond acceptors (Lipinski definition) is 4. The monoisotopic (exact) mass is 246 g/mol. The molecular formula is C14H14O4. The van der Waals surface area contributed by atoms with Gasteiger partial charge in [0.15, 0.2) is 5.78 Å². The Kier molecular flexibility index (Phi) is 3.46. The fourth-order valence-corrected chi connectivity index (χ4v) is 2.28. The SMILES string of the molecule is COC(=O)C1C(O)=CC(=O)CC1c1ccccc1. The molecule has 1 N–H and O–H groups in total. The molecule has 1 aromatic rings. The number of hydrogen-bond donors (Lipinski definition) is 1. The zero-order valence-corrected chi connectivity index (χ0v) is 10.00. The average Bonchev–Trinajstić information content (AvgIpc) is 2.38. The van der Waals surface area contributed by atoms with Gasteiger partial charge >= 0.3 is 5.97 Å². The lowest BCUT2D eigenvalue weighted by atomic mass is 9.77. The van der Waals surface area contributed by atoms with Crippen molar-refractivity contribution in [2.24, 2.45) is 5.92 Å². The molecule has 1 aliphatic rings. The molecule has 0 heterocycles. The minimum Gasteiger partial charge on any atom is -0.511 e. The lowest BCUT2D eigenvalue weighted by Gasteiger charge is -2.27. The largest absolute Gasteiger partial charge is 0.511 e. The summed E-state index contributed by atoms with van der Waals surface area (Å²) >= 11 is 0. The second kappa shape index (κ2) is 5.04. The first kappa shape index (κ1) is 12.4. The molecule has 0 saturated heterocycles. The van der Waals surface area contributed by atoms with E-state index in [0.717, 1.165) is 11.6 Å². The number of allylic oxidation sites excluding steroid dienone is 1. The van der Waals surface area contributed by atoms with Gasteiger partial charge in [-0.05, 0) is 5.56 Å². The van der Waals surface area contributed by atoms with E-state index in [-0.39, 0.29) is 23.9 Å². The van der Waals surface area contributed by atoms with E-state index in [1.54, 1.807) is 0 Å². The summed E-state index contributed by atoms with van der Waals surface area (Å²) in [5.74, 6) is -2.08. The summed E-state index contributed by atoms with van der Waals surface area (Å²) in [4.78, 5) is 23.3. The highest BCUT2D eigenvalue weighted by Crippen LogP contribution is 2.36. The summed E-state index contributed by atoms with van der Waals surface area (Å²) in [7, 11) is 1.27. The number of esters is 1. The molecule has 94 valence electrons. The van der Waals surface area contributed by atoms with E-state index in [1.807, 2.05) is 30.3 Å². The van der Waals surface area contributed by atoms with Crippen molar-refractivity contribution in [3.8, 4) is 0 Å². The van der Waals surface area contributed by atoms with Gasteiger partial charge in [-0.1, -0.05) is 30.3 Å². The average molecular weight is 246 g/mol. The van der Waals surface area contributed by atoms with Crippen molar-refractivity contribution < 1.29 is 19.4 Å². The zero-order chi connectivity index (χ0) is 13.1. The van der Waals surface area contributed by atoms with Gasteiger partial charge in [-0.25, -0.2) is 0 Å². The van der Waals surface area contributed by atoms with Crippen LogP contribution < -0.4 is 0 Å². The number of carbonyl (C=O) groups is 2. The third kappa shape index (κ3) is 2.27. The van der Waals surface area contributed by atoms with Crippen LogP contribution in [-0.4, -0.2) is 24.0 Å². The fraction of sp³-hybridized carbons (Fsp3) is 0.286. The lowest BCUT2D eigenvalue weighted by Crippen LogP contribution is -2.30. The van der Waals surface area contributed by atoms with E-state index in [0.29, 0.717) is 0 Å². The molecule has 0 radical (unpaired) electrons. The van der Waals surface area contributed by atoms with Crippen LogP contribution in [0, 0.1) is 5.92 Å². The highest BCUT2D eigenvalue weighted by Gasteiger charge is 2.38. The smallest absolute Gasteiger partial charge is 0.316 e. The van der Waals surface area contributed by atoms with Gasteiger partial charge < -0.3 is 9.84 Å². The normalized spacial score (nSPS) is 23.4. The fourth-order valence-electron chi connectivity index (χ4n) is 2.28. The summed E-state index contributed by atoms with van der Waals surface area (Å²) in [6, 6.07) is 9.21. The molecule has 1 aromatic carbocycles. The van der Waals surface area contributed by atoms with E-state index < -0.39 is 11.9 Å². The van der Waals surface area contributed by atoms with Gasteiger partial charge in [-0.2, -0.15) is 0 Å². The van der Waals surface area contributed by atoms with Crippen LogP contribution in [0.2, 0.25) is 0 Å². The van der Waals surface area contributed by atoms with Gasteiger partial charge in [0.1, 0.15) is 11.7 Å². The predicted octanol–water partition coefficient (Wildman–Crippen LogP) is 1.97. The minimum absolute atomic E-state index is 0.179. The second-order valence-electron chi connectivity index (χ2n) is 4.26. The zero-order valence-electron chi connectivity index (χ0n) is 10.00. The van der Waals surface area contributed by atoms with Crippen LogP contribution in [-0.2, 0) is 14.3 Å². The molecule has 0 bridgehead atoms. The van der Waals surface area contributed by atoms with Crippen LogP contribution in [0.15, 0.2) is 42.2 Å². The summed E-state index contributed by atoms with van der Waals surface area (Å²) in [6.45, 7) is 0. The summed E-state index contributed by atoms with van der Waals surface area (Å²) in [6.07, 6.45) is 1.31. The van der Waals surface area contributed by atoms with E-state index in [9.17, 15) is 14.7 Å². The van der Waals surface area contributed by atoms with Gasteiger partial charge in [0.25, 0.3) is 0 Å². The number of aliphatic hydroxyl groups is 1. The Morgan fingerprint density at radius 3 is 2.61 bits per heavy atom. The van der Waals surface area contributed by atoms with Crippen LogP contribution in [0.1, 0.15) is 17.9 Å². The van der Waals surface area contributed by atoms with E-state index in [2.05, 4.69) is 0 Å². The highest BCUT2D eigenvalue weighted by molar-refractivity contribution is 5.94. The van der Waals surface area contributed by atoms with Crippen LogP contribution in [0.3, 0.4) is 0 Å². The Labute approximate surface area is 105 Å². The first-order valence-electron chi connectivity index (χ1n) is 5.69. The van der Waals surface area contributed by atoms with E-state index in [4.69, 9.17) is 4.74 Å². The Bertz CT molecular complexity index is 490. The van der Waals surface area contributed by atoms with Crippen LogP contribution in [0.5, 0.6) is 0 Å². The number of benzene rings is 1. The van der Waals surface area contributed by atoms with Gasteiger partial charge in [-0.3, -0.25) is 9.59 Å². The van der Waals surface area contributed by atoms with E-state index in [1.165, 1.54) is 7.11 Å². The second-order valence-corrected chi connectivity index (χ2v) is 4.26. The first-order chi connectivity index (χ1) is 8.63. The number of carbonyl (C=O) groups excluding carboxylic acids is 2. The molecule has 0 spiro atoms. The molecule has 1 aliphatic carbocycles. The van der Waals surface area contributed by atoms with Gasteiger partial charge in [-0.15, -0.1) is 0 Å². The highest BCUT2D eigenvalue weighted by atomic mass is 16.5. The molecule has 0 amide bonds. The van der Waals surface area contributed by atoms with Crippen LogP contribution in [0.25, 0.3) is 0 Å². The maximum Gasteiger partial charge on any atom is 0.316 e. The first-order valence-corrected chi connectivity index (χ1v) is 5.69.